The molecule has 138 valence electrons. The van der Waals surface area contributed by atoms with Gasteiger partial charge >= 0.3 is 0 Å². The molecule has 8 heteroatoms. The summed E-state index contributed by atoms with van der Waals surface area (Å²) in [5.41, 5.74) is 1.59. The Bertz CT molecular complexity index is 884. The molecule has 1 aliphatic rings. The first-order valence-corrected chi connectivity index (χ1v) is 9.68. The summed E-state index contributed by atoms with van der Waals surface area (Å²) >= 11 is 0. The Balaban J connectivity index is 1.54. The van der Waals surface area contributed by atoms with Crippen molar-refractivity contribution in [3.05, 3.63) is 54.1 Å². The molecule has 7 nitrogen and oxygen atoms in total. The second kappa shape index (κ2) is 7.86. The van der Waals surface area contributed by atoms with E-state index in [9.17, 15) is 13.2 Å². The molecule has 1 aliphatic heterocycles. The van der Waals surface area contributed by atoms with Crippen LogP contribution in [0.4, 0.5) is 5.69 Å². The van der Waals surface area contributed by atoms with Crippen molar-refractivity contribution >= 4 is 21.6 Å². The average molecular weight is 376 g/mol. The van der Waals surface area contributed by atoms with Gasteiger partial charge in [-0.1, -0.05) is 23.1 Å². The maximum atomic E-state index is 12.3. The molecular weight excluding hydrogens is 356 g/mol. The van der Waals surface area contributed by atoms with Crippen LogP contribution in [-0.4, -0.2) is 34.1 Å². The summed E-state index contributed by atoms with van der Waals surface area (Å²) in [5, 5.41) is 0. The molecule has 0 aliphatic carbocycles. The molecule has 0 bridgehead atoms. The first-order valence-electron chi connectivity index (χ1n) is 8.20. The zero-order chi connectivity index (χ0) is 18.6. The third-order valence-corrected chi connectivity index (χ3v) is 5.21. The fraction of sp³-hybridized carbons (Fsp3) is 0.278. The number of amides is 1. The van der Waals surface area contributed by atoms with E-state index >= 15 is 0 Å². The molecule has 1 amide bonds. The van der Waals surface area contributed by atoms with Crippen molar-refractivity contribution in [3.8, 4) is 5.75 Å². The number of hydrogen-bond acceptors (Lipinski definition) is 5. The lowest BCUT2D eigenvalue weighted by molar-refractivity contribution is -0.116. The van der Waals surface area contributed by atoms with Gasteiger partial charge in [0, 0.05) is 19.2 Å². The van der Waals surface area contributed by atoms with Crippen LogP contribution in [0, 0.1) is 0 Å². The zero-order valence-corrected chi connectivity index (χ0v) is 15.2. The minimum Gasteiger partial charge on any atom is -0.491 e. The summed E-state index contributed by atoms with van der Waals surface area (Å²) in [6, 6.07) is 13.9. The highest BCUT2D eigenvalue weighted by molar-refractivity contribution is 7.89. The molecule has 0 spiro atoms. The van der Waals surface area contributed by atoms with E-state index in [1.165, 1.54) is 13.0 Å². The fourth-order valence-corrected chi connectivity index (χ4v) is 3.64. The summed E-state index contributed by atoms with van der Waals surface area (Å²) in [7, 11) is -3.80. The van der Waals surface area contributed by atoms with Gasteiger partial charge in [-0.05, 0) is 42.3 Å². The number of rotatable bonds is 7. The third kappa shape index (κ3) is 4.21. The summed E-state index contributed by atoms with van der Waals surface area (Å²) in [5.74, 6) is 0.631. The van der Waals surface area contributed by atoms with E-state index in [2.05, 4.69) is 4.89 Å². The summed E-state index contributed by atoms with van der Waals surface area (Å²) < 4.78 is 30.1. The van der Waals surface area contributed by atoms with Gasteiger partial charge in [-0.2, -0.15) is 0 Å². The second-order valence-electron chi connectivity index (χ2n) is 5.81. The smallest absolute Gasteiger partial charge is 0.262 e. The molecule has 0 aromatic heterocycles. The van der Waals surface area contributed by atoms with Crippen molar-refractivity contribution in [2.45, 2.75) is 18.2 Å². The number of carbonyl (C=O) groups is 1. The van der Waals surface area contributed by atoms with Gasteiger partial charge in [0.05, 0.1) is 4.90 Å². The number of hydrogen-bond donors (Lipinski definition) is 1. The maximum absolute atomic E-state index is 12.3. The second-order valence-corrected chi connectivity index (χ2v) is 7.45. The largest absolute Gasteiger partial charge is 0.491 e. The number of para-hydroxylation sites is 1. The van der Waals surface area contributed by atoms with Gasteiger partial charge in [0.1, 0.15) is 19.0 Å². The molecule has 2 aromatic rings. The number of sulfonamides is 1. The molecule has 0 fully saturated rings. The predicted molar refractivity (Wildman–Crippen MR) is 96.4 cm³/mol. The Morgan fingerprint density at radius 3 is 2.65 bits per heavy atom. The van der Waals surface area contributed by atoms with Crippen LogP contribution in [0.15, 0.2) is 53.4 Å². The Labute approximate surface area is 152 Å². The summed E-state index contributed by atoms with van der Waals surface area (Å²) in [6.45, 7) is 2.34. The van der Waals surface area contributed by atoms with E-state index in [4.69, 9.17) is 9.57 Å². The van der Waals surface area contributed by atoms with Gasteiger partial charge in [0.2, 0.25) is 5.91 Å². The Morgan fingerprint density at radius 1 is 1.15 bits per heavy atom. The Hall–Kier alpha value is -2.42. The van der Waals surface area contributed by atoms with E-state index in [0.29, 0.717) is 18.7 Å². The lowest BCUT2D eigenvalue weighted by Crippen LogP contribution is -2.27. The molecule has 3 rings (SSSR count). The quantitative estimate of drug-likeness (QED) is 0.589. The standard InChI is InChI=1S/C18H20N2O5S/c1-14(21)20-10-9-15-13-17(7-8-18(15)20)26(22,23)19-25-12-11-24-16-5-3-2-4-6-16/h2-8,13,19H,9-12H2,1H3. The minimum absolute atomic E-state index is 0.0563. The van der Waals surface area contributed by atoms with Gasteiger partial charge in [-0.15, -0.1) is 0 Å². The topological polar surface area (TPSA) is 84.9 Å². The van der Waals surface area contributed by atoms with E-state index in [0.717, 1.165) is 11.3 Å². The van der Waals surface area contributed by atoms with Crippen LogP contribution < -0.4 is 14.5 Å². The monoisotopic (exact) mass is 376 g/mol. The average Bonchev–Trinajstić information content (AvgIpc) is 3.05. The van der Waals surface area contributed by atoms with Crippen molar-refractivity contribution in [2.24, 2.45) is 0 Å². The van der Waals surface area contributed by atoms with Crippen molar-refractivity contribution in [1.82, 2.24) is 4.89 Å². The highest BCUT2D eigenvalue weighted by Gasteiger charge is 2.24. The minimum atomic E-state index is -3.80. The van der Waals surface area contributed by atoms with Crippen LogP contribution in [-0.2, 0) is 26.1 Å². The van der Waals surface area contributed by atoms with Crippen molar-refractivity contribution in [3.63, 3.8) is 0 Å². The Morgan fingerprint density at radius 2 is 1.92 bits per heavy atom. The molecular formula is C18H20N2O5S. The lowest BCUT2D eigenvalue weighted by Gasteiger charge is -2.15. The summed E-state index contributed by atoms with van der Waals surface area (Å²) in [4.78, 5) is 20.4. The number of ether oxygens (including phenoxy) is 1. The van der Waals surface area contributed by atoms with Crippen LogP contribution in [0.5, 0.6) is 5.75 Å². The van der Waals surface area contributed by atoms with Crippen molar-refractivity contribution in [1.29, 1.82) is 0 Å². The third-order valence-electron chi connectivity index (χ3n) is 4.00. The number of nitrogens with one attached hydrogen (secondary N) is 1. The number of anilines is 1. The highest BCUT2D eigenvalue weighted by atomic mass is 32.2. The molecule has 0 unspecified atom stereocenters. The van der Waals surface area contributed by atoms with Gasteiger partial charge in [-0.25, -0.2) is 8.42 Å². The first kappa shape index (κ1) is 18.4. The molecule has 1 N–H and O–H groups in total. The van der Waals surface area contributed by atoms with Crippen LogP contribution in [0.3, 0.4) is 0 Å². The van der Waals surface area contributed by atoms with Gasteiger partial charge in [-0.3, -0.25) is 9.63 Å². The van der Waals surface area contributed by atoms with E-state index in [1.807, 2.05) is 18.2 Å². The predicted octanol–water partition coefficient (Wildman–Crippen LogP) is 1.88. The van der Waals surface area contributed by atoms with Crippen molar-refractivity contribution in [2.75, 3.05) is 24.7 Å². The highest BCUT2D eigenvalue weighted by Crippen LogP contribution is 2.30. The van der Waals surface area contributed by atoms with E-state index in [-0.39, 0.29) is 24.0 Å². The normalized spacial score (nSPS) is 13.5. The molecule has 0 saturated carbocycles. The van der Waals surface area contributed by atoms with Crippen LogP contribution >= 0.6 is 0 Å². The lowest BCUT2D eigenvalue weighted by atomic mass is 10.2. The van der Waals surface area contributed by atoms with E-state index < -0.39 is 10.0 Å². The van der Waals surface area contributed by atoms with E-state index in [1.54, 1.807) is 29.2 Å². The van der Waals surface area contributed by atoms with Crippen LogP contribution in [0.25, 0.3) is 0 Å². The fourth-order valence-electron chi connectivity index (χ4n) is 2.76. The number of carbonyl (C=O) groups excluding carboxylic acids is 1. The zero-order valence-electron chi connectivity index (χ0n) is 14.3. The van der Waals surface area contributed by atoms with Crippen LogP contribution in [0.2, 0.25) is 0 Å². The first-order chi connectivity index (χ1) is 12.5. The molecule has 1 heterocycles. The van der Waals surface area contributed by atoms with Crippen LogP contribution in [0.1, 0.15) is 12.5 Å². The number of nitrogens with zero attached hydrogens (tertiary/aromatic N) is 1. The molecule has 26 heavy (non-hydrogen) atoms. The molecule has 2 aromatic carbocycles. The Kier molecular flexibility index (Phi) is 5.55. The maximum Gasteiger partial charge on any atom is 0.262 e. The van der Waals surface area contributed by atoms with Crippen molar-refractivity contribution < 1.29 is 22.8 Å². The summed E-state index contributed by atoms with van der Waals surface area (Å²) in [6.07, 6.45) is 0.629. The number of benzene rings is 2. The molecule has 0 atom stereocenters. The number of fused-ring (bicyclic) bond motifs is 1. The SMILES string of the molecule is CC(=O)N1CCc2cc(S(=O)(=O)NOCCOc3ccccc3)ccc21. The van der Waals surface area contributed by atoms with Gasteiger partial charge in [0.15, 0.2) is 0 Å². The van der Waals surface area contributed by atoms with Gasteiger partial charge < -0.3 is 9.64 Å². The molecule has 0 radical (unpaired) electrons. The molecule has 0 saturated heterocycles. The van der Waals surface area contributed by atoms with Gasteiger partial charge in [0.25, 0.3) is 10.0 Å².